The fourth-order valence-electron chi connectivity index (χ4n) is 1.37. The van der Waals surface area contributed by atoms with Crippen LogP contribution in [-0.2, 0) is 9.59 Å². The molecule has 1 amide bonds. The third kappa shape index (κ3) is 8.29. The van der Waals surface area contributed by atoms with Crippen LogP contribution in [0.3, 0.4) is 0 Å². The Kier molecular flexibility index (Phi) is 7.14. The number of rotatable bonds is 8. The zero-order chi connectivity index (χ0) is 17.5. The van der Waals surface area contributed by atoms with Gasteiger partial charge in [-0.15, -0.1) is 11.8 Å². The number of carboxylic acid groups (broad SMARTS) is 1. The van der Waals surface area contributed by atoms with Gasteiger partial charge in [-0.05, 0) is 24.3 Å². The largest absolute Gasteiger partial charge is 0.478 e. The maximum Gasteiger partial charge on any atom is 0.397 e. The second-order valence-electron chi connectivity index (χ2n) is 4.31. The topological polar surface area (TPSA) is 75.6 Å². The van der Waals surface area contributed by atoms with Gasteiger partial charge in [0.15, 0.2) is 0 Å². The Labute approximate surface area is 133 Å². The van der Waals surface area contributed by atoms with E-state index in [2.05, 4.69) is 5.32 Å². The Morgan fingerprint density at radius 3 is 2.39 bits per heavy atom. The number of ether oxygens (including phenoxy) is 1. The fourth-order valence-corrected chi connectivity index (χ4v) is 1.99. The summed E-state index contributed by atoms with van der Waals surface area (Å²) in [4.78, 5) is 22.4. The van der Waals surface area contributed by atoms with E-state index in [-0.39, 0.29) is 5.75 Å². The van der Waals surface area contributed by atoms with Gasteiger partial charge in [0.05, 0.1) is 18.1 Å². The van der Waals surface area contributed by atoms with Crippen LogP contribution in [0, 0.1) is 5.82 Å². The third-order valence-electron chi connectivity index (χ3n) is 2.35. The van der Waals surface area contributed by atoms with Crippen molar-refractivity contribution in [2.24, 2.45) is 0 Å². The molecule has 0 spiro atoms. The van der Waals surface area contributed by atoms with Crippen LogP contribution < -0.4 is 10.1 Å². The summed E-state index contributed by atoms with van der Waals surface area (Å²) in [6.07, 6.45) is -5.82. The van der Waals surface area contributed by atoms with Gasteiger partial charge in [-0.2, -0.15) is 13.2 Å². The molecule has 5 nitrogen and oxygen atoms in total. The first-order chi connectivity index (χ1) is 10.7. The average molecular weight is 355 g/mol. The van der Waals surface area contributed by atoms with Gasteiger partial charge in [0, 0.05) is 0 Å². The molecule has 1 aromatic rings. The first-order valence-corrected chi connectivity index (χ1v) is 7.39. The number of thioether (sulfide) groups is 1. The van der Waals surface area contributed by atoms with Crippen LogP contribution in [-0.4, -0.2) is 47.3 Å². The van der Waals surface area contributed by atoms with Crippen LogP contribution in [0.25, 0.3) is 0 Å². The molecule has 0 aromatic heterocycles. The Morgan fingerprint density at radius 2 is 1.87 bits per heavy atom. The molecule has 0 saturated carbocycles. The quantitative estimate of drug-likeness (QED) is 0.699. The lowest BCUT2D eigenvalue weighted by Crippen LogP contribution is -2.41. The molecule has 1 rings (SSSR count). The highest BCUT2D eigenvalue weighted by atomic mass is 32.2. The minimum atomic E-state index is -4.37. The molecule has 0 fully saturated rings. The summed E-state index contributed by atoms with van der Waals surface area (Å²) in [5.74, 6) is -4.19. The second-order valence-corrected chi connectivity index (χ2v) is 5.30. The maximum absolute atomic E-state index is 12.7. The van der Waals surface area contributed by atoms with E-state index in [4.69, 9.17) is 9.84 Å². The number of alkyl halides is 3. The highest BCUT2D eigenvalue weighted by molar-refractivity contribution is 8.00. The lowest BCUT2D eigenvalue weighted by molar-refractivity contribution is -0.145. The molecular weight excluding hydrogens is 342 g/mol. The van der Waals surface area contributed by atoms with E-state index in [9.17, 15) is 27.2 Å². The SMILES string of the molecule is O=C(CSCC(F)(F)F)NCC(Oc1ccc(F)cc1)C(=O)O. The van der Waals surface area contributed by atoms with Crippen molar-refractivity contribution in [1.82, 2.24) is 5.32 Å². The average Bonchev–Trinajstić information content (AvgIpc) is 2.43. The minimum absolute atomic E-state index is 0.0829. The molecule has 10 heteroatoms. The first-order valence-electron chi connectivity index (χ1n) is 6.23. The Bertz CT molecular complexity index is 536. The van der Waals surface area contributed by atoms with Crippen molar-refractivity contribution in [2.45, 2.75) is 12.3 Å². The van der Waals surface area contributed by atoms with Crippen molar-refractivity contribution in [3.05, 3.63) is 30.1 Å². The van der Waals surface area contributed by atoms with Crippen molar-refractivity contribution in [3.8, 4) is 5.75 Å². The smallest absolute Gasteiger partial charge is 0.397 e. The number of carboxylic acids is 1. The van der Waals surface area contributed by atoms with Gasteiger partial charge in [-0.3, -0.25) is 4.79 Å². The molecule has 1 atom stereocenters. The van der Waals surface area contributed by atoms with Gasteiger partial charge in [0.25, 0.3) is 0 Å². The summed E-state index contributed by atoms with van der Waals surface area (Å²) in [6.45, 7) is -0.432. The molecule has 1 aromatic carbocycles. The van der Waals surface area contributed by atoms with Gasteiger partial charge in [-0.1, -0.05) is 0 Å². The number of benzene rings is 1. The third-order valence-corrected chi connectivity index (χ3v) is 3.35. The predicted octanol–water partition coefficient (Wildman–Crippen LogP) is 2.07. The summed E-state index contributed by atoms with van der Waals surface area (Å²) >= 11 is 0.367. The van der Waals surface area contributed by atoms with E-state index >= 15 is 0 Å². The number of amides is 1. The zero-order valence-electron chi connectivity index (χ0n) is 11.6. The summed E-state index contributed by atoms with van der Waals surface area (Å²) in [5, 5.41) is 11.2. The summed E-state index contributed by atoms with van der Waals surface area (Å²) in [7, 11) is 0. The zero-order valence-corrected chi connectivity index (χ0v) is 12.4. The standard InChI is InChI=1S/C13H13F4NO4S/c14-8-1-3-9(4-2-8)22-10(12(20)21)5-18-11(19)6-23-7-13(15,16)17/h1-4,10H,5-7H2,(H,18,19)(H,20,21). The van der Waals surface area contributed by atoms with Crippen LogP contribution >= 0.6 is 11.8 Å². The number of halogens is 4. The molecule has 0 radical (unpaired) electrons. The molecule has 1 unspecified atom stereocenters. The Hall–Kier alpha value is -1.97. The van der Waals surface area contributed by atoms with E-state index in [0.29, 0.717) is 11.8 Å². The number of aliphatic carboxylic acids is 1. The molecular formula is C13H13F4NO4S. The monoisotopic (exact) mass is 355 g/mol. The molecule has 2 N–H and O–H groups in total. The molecule has 0 aliphatic carbocycles. The molecule has 0 heterocycles. The summed E-state index contributed by atoms with van der Waals surface area (Å²) in [6, 6.07) is 4.57. The van der Waals surface area contributed by atoms with Gasteiger partial charge in [0.1, 0.15) is 11.6 Å². The molecule has 0 aliphatic rings. The van der Waals surface area contributed by atoms with Crippen molar-refractivity contribution < 1.29 is 37.0 Å². The van der Waals surface area contributed by atoms with Crippen LogP contribution in [0.1, 0.15) is 0 Å². The number of carbonyl (C=O) groups is 2. The molecule has 0 saturated heterocycles. The van der Waals surface area contributed by atoms with E-state index in [1.165, 1.54) is 12.1 Å². The Balaban J connectivity index is 2.42. The number of carbonyl (C=O) groups excluding carboxylic acids is 1. The van der Waals surface area contributed by atoms with Crippen LogP contribution in [0.2, 0.25) is 0 Å². The second kappa shape index (κ2) is 8.61. The van der Waals surface area contributed by atoms with Crippen molar-refractivity contribution in [2.75, 3.05) is 18.1 Å². The molecule has 0 bridgehead atoms. The lowest BCUT2D eigenvalue weighted by Gasteiger charge is -2.16. The molecule has 23 heavy (non-hydrogen) atoms. The van der Waals surface area contributed by atoms with E-state index in [0.717, 1.165) is 12.1 Å². The highest BCUT2D eigenvalue weighted by Crippen LogP contribution is 2.20. The molecule has 0 aliphatic heterocycles. The summed E-state index contributed by atoms with van der Waals surface area (Å²) < 4.78 is 53.6. The minimum Gasteiger partial charge on any atom is -0.478 e. The normalized spacial score (nSPS) is 12.5. The molecule has 128 valence electrons. The maximum atomic E-state index is 12.7. The van der Waals surface area contributed by atoms with Gasteiger partial charge < -0.3 is 15.2 Å². The van der Waals surface area contributed by atoms with Crippen molar-refractivity contribution in [3.63, 3.8) is 0 Å². The van der Waals surface area contributed by atoms with Crippen molar-refractivity contribution in [1.29, 1.82) is 0 Å². The number of hydrogen-bond acceptors (Lipinski definition) is 4. The lowest BCUT2D eigenvalue weighted by atomic mass is 10.3. The van der Waals surface area contributed by atoms with Gasteiger partial charge in [-0.25, -0.2) is 9.18 Å². The number of hydrogen-bond donors (Lipinski definition) is 2. The van der Waals surface area contributed by atoms with Gasteiger partial charge in [0.2, 0.25) is 12.0 Å². The summed E-state index contributed by atoms with van der Waals surface area (Å²) in [5.41, 5.74) is 0. The van der Waals surface area contributed by atoms with Crippen LogP contribution in [0.15, 0.2) is 24.3 Å². The van der Waals surface area contributed by atoms with E-state index in [1.54, 1.807) is 0 Å². The Morgan fingerprint density at radius 1 is 1.26 bits per heavy atom. The fraction of sp³-hybridized carbons (Fsp3) is 0.385. The van der Waals surface area contributed by atoms with Gasteiger partial charge >= 0.3 is 12.1 Å². The number of nitrogens with one attached hydrogen (secondary N) is 1. The first kappa shape index (κ1) is 19.1. The van der Waals surface area contributed by atoms with Crippen LogP contribution in [0.4, 0.5) is 17.6 Å². The predicted molar refractivity (Wildman–Crippen MR) is 74.8 cm³/mol. The van der Waals surface area contributed by atoms with Crippen molar-refractivity contribution >= 4 is 23.6 Å². The highest BCUT2D eigenvalue weighted by Gasteiger charge is 2.27. The van der Waals surface area contributed by atoms with E-state index in [1.807, 2.05) is 0 Å². The van der Waals surface area contributed by atoms with Crippen LogP contribution in [0.5, 0.6) is 5.75 Å². The van der Waals surface area contributed by atoms with E-state index < -0.39 is 48.0 Å².